The minimum Gasteiger partial charge on any atom is -0.373 e. The van der Waals surface area contributed by atoms with Gasteiger partial charge in [-0.15, -0.1) is 0 Å². The number of nitrogens with one attached hydrogen (secondary N) is 1. The van der Waals surface area contributed by atoms with E-state index < -0.39 is 27.8 Å². The van der Waals surface area contributed by atoms with Crippen LogP contribution in [0.2, 0.25) is 0 Å². The third kappa shape index (κ3) is 4.28. The van der Waals surface area contributed by atoms with Crippen LogP contribution in [0.3, 0.4) is 0 Å². The highest BCUT2D eigenvalue weighted by molar-refractivity contribution is 7.89. The van der Waals surface area contributed by atoms with E-state index in [-0.39, 0.29) is 12.0 Å². The van der Waals surface area contributed by atoms with Crippen LogP contribution in [0.1, 0.15) is 34.8 Å². The summed E-state index contributed by atoms with van der Waals surface area (Å²) in [5, 5.41) is 9.06. The van der Waals surface area contributed by atoms with Crippen LogP contribution in [-0.4, -0.2) is 20.9 Å². The molecule has 0 saturated carbocycles. The molecule has 7 heteroatoms. The predicted octanol–water partition coefficient (Wildman–Crippen LogP) is 2.21. The number of hydrogen-bond acceptors (Lipinski definition) is 5. The van der Waals surface area contributed by atoms with Gasteiger partial charge >= 0.3 is 0 Å². The van der Waals surface area contributed by atoms with Gasteiger partial charge < -0.3 is 4.74 Å². The normalized spacial score (nSPS) is 16.3. The molecule has 1 N–H and O–H groups in total. The first-order chi connectivity index (χ1) is 12.5. The first-order valence-corrected chi connectivity index (χ1v) is 9.84. The molecule has 1 unspecified atom stereocenters. The van der Waals surface area contributed by atoms with Crippen molar-refractivity contribution in [3.8, 4) is 6.07 Å². The van der Waals surface area contributed by atoms with Crippen molar-refractivity contribution >= 4 is 15.9 Å². The van der Waals surface area contributed by atoms with Gasteiger partial charge in [-0.1, -0.05) is 42.5 Å². The summed E-state index contributed by atoms with van der Waals surface area (Å²) in [7, 11) is -3.90. The van der Waals surface area contributed by atoms with Gasteiger partial charge in [0.05, 0.1) is 36.5 Å². The first kappa shape index (κ1) is 18.1. The van der Waals surface area contributed by atoms with E-state index in [1.165, 1.54) is 0 Å². The lowest BCUT2D eigenvalue weighted by Crippen LogP contribution is -2.33. The Balaban J connectivity index is 1.67. The van der Waals surface area contributed by atoms with Gasteiger partial charge in [-0.2, -0.15) is 5.26 Å². The molecule has 0 radical (unpaired) electrons. The molecule has 0 spiro atoms. The van der Waals surface area contributed by atoms with Crippen molar-refractivity contribution in [1.29, 1.82) is 5.26 Å². The summed E-state index contributed by atoms with van der Waals surface area (Å²) in [5.41, 5.74) is 2.66. The molecule has 6 nitrogen and oxygen atoms in total. The van der Waals surface area contributed by atoms with Crippen molar-refractivity contribution in [2.75, 3.05) is 6.61 Å². The quantitative estimate of drug-likeness (QED) is 0.870. The Labute approximate surface area is 152 Å². The summed E-state index contributed by atoms with van der Waals surface area (Å²) < 4.78 is 32.3. The second kappa shape index (κ2) is 7.68. The van der Waals surface area contributed by atoms with E-state index >= 15 is 0 Å². The third-order valence-electron chi connectivity index (χ3n) is 4.22. The SMILES string of the molecule is N#Cc1ccccc1CS(=O)(=O)NC(=O)CC1OCCc2ccccc21. The third-order valence-corrected chi connectivity index (χ3v) is 5.45. The number of nitrogens with zero attached hydrogens (tertiary/aromatic N) is 1. The van der Waals surface area contributed by atoms with Crippen LogP contribution in [-0.2, 0) is 31.7 Å². The number of ether oxygens (including phenoxy) is 1. The summed E-state index contributed by atoms with van der Waals surface area (Å²) in [6.07, 6.45) is 0.245. The zero-order valence-corrected chi connectivity index (χ0v) is 14.8. The van der Waals surface area contributed by atoms with Gasteiger partial charge in [-0.25, -0.2) is 8.42 Å². The molecule has 1 heterocycles. The van der Waals surface area contributed by atoms with E-state index in [0.717, 1.165) is 17.5 Å². The van der Waals surface area contributed by atoms with Crippen molar-refractivity contribution in [3.05, 3.63) is 70.8 Å². The number of sulfonamides is 1. The molecular weight excluding hydrogens is 352 g/mol. The number of carbonyl (C=O) groups is 1. The van der Waals surface area contributed by atoms with Crippen molar-refractivity contribution < 1.29 is 17.9 Å². The molecule has 3 rings (SSSR count). The van der Waals surface area contributed by atoms with Crippen molar-refractivity contribution in [3.63, 3.8) is 0 Å². The summed E-state index contributed by atoms with van der Waals surface area (Å²) in [6, 6.07) is 16.0. The van der Waals surface area contributed by atoms with Gasteiger partial charge in [0.15, 0.2) is 0 Å². The molecular formula is C19H18N2O4S. The molecule has 0 bridgehead atoms. The standard InChI is InChI=1S/C19H18N2O4S/c20-12-15-6-1-2-7-16(15)13-26(23,24)21-19(22)11-18-17-8-4-3-5-14(17)9-10-25-18/h1-8,18H,9-11,13H2,(H,21,22). The number of benzene rings is 2. The van der Waals surface area contributed by atoms with E-state index in [1.54, 1.807) is 24.3 Å². The molecule has 0 aliphatic carbocycles. The lowest BCUT2D eigenvalue weighted by Gasteiger charge is -2.25. The predicted molar refractivity (Wildman–Crippen MR) is 95.4 cm³/mol. The average molecular weight is 370 g/mol. The average Bonchev–Trinajstić information content (AvgIpc) is 2.61. The van der Waals surface area contributed by atoms with Gasteiger partial charge in [0, 0.05) is 0 Å². The number of hydrogen-bond donors (Lipinski definition) is 1. The summed E-state index contributed by atoms with van der Waals surface area (Å²) in [5.74, 6) is -1.05. The summed E-state index contributed by atoms with van der Waals surface area (Å²) in [6.45, 7) is 0.497. The van der Waals surface area contributed by atoms with Crippen LogP contribution in [0.5, 0.6) is 0 Å². The van der Waals surface area contributed by atoms with Crippen LogP contribution in [0, 0.1) is 11.3 Å². The molecule has 1 atom stereocenters. The van der Waals surface area contributed by atoms with Crippen LogP contribution < -0.4 is 4.72 Å². The highest BCUT2D eigenvalue weighted by Gasteiger charge is 2.25. The van der Waals surface area contributed by atoms with Gasteiger partial charge in [0.1, 0.15) is 0 Å². The lowest BCUT2D eigenvalue weighted by molar-refractivity contribution is -0.122. The molecule has 1 aliphatic rings. The topological polar surface area (TPSA) is 96.3 Å². The lowest BCUT2D eigenvalue weighted by atomic mass is 9.96. The number of fused-ring (bicyclic) bond motifs is 1. The van der Waals surface area contributed by atoms with Crippen LogP contribution >= 0.6 is 0 Å². The zero-order valence-electron chi connectivity index (χ0n) is 14.0. The molecule has 0 aromatic heterocycles. The highest BCUT2D eigenvalue weighted by Crippen LogP contribution is 2.29. The molecule has 1 amide bonds. The number of carbonyl (C=O) groups excluding carboxylic acids is 1. The molecule has 0 fully saturated rings. The minimum absolute atomic E-state index is 0.0733. The number of nitriles is 1. The van der Waals surface area contributed by atoms with Crippen LogP contribution in [0.15, 0.2) is 48.5 Å². The van der Waals surface area contributed by atoms with E-state index in [2.05, 4.69) is 4.72 Å². The maximum absolute atomic E-state index is 12.3. The maximum atomic E-state index is 12.3. The van der Waals surface area contributed by atoms with Crippen LogP contribution in [0.25, 0.3) is 0 Å². The fourth-order valence-electron chi connectivity index (χ4n) is 3.03. The van der Waals surface area contributed by atoms with Crippen molar-refractivity contribution in [2.24, 2.45) is 0 Å². The summed E-state index contributed by atoms with van der Waals surface area (Å²) in [4.78, 5) is 12.2. The van der Waals surface area contributed by atoms with Crippen LogP contribution in [0.4, 0.5) is 0 Å². The zero-order chi connectivity index (χ0) is 18.6. The first-order valence-electron chi connectivity index (χ1n) is 8.19. The minimum atomic E-state index is -3.90. The van der Waals surface area contributed by atoms with E-state index in [9.17, 15) is 13.2 Å². The second-order valence-electron chi connectivity index (χ2n) is 6.07. The molecule has 134 valence electrons. The molecule has 26 heavy (non-hydrogen) atoms. The highest BCUT2D eigenvalue weighted by atomic mass is 32.2. The fourth-order valence-corrected chi connectivity index (χ4v) is 4.19. The maximum Gasteiger partial charge on any atom is 0.239 e. The number of amides is 1. The Morgan fingerprint density at radius 3 is 2.73 bits per heavy atom. The smallest absolute Gasteiger partial charge is 0.239 e. The molecule has 0 saturated heterocycles. The Hall–Kier alpha value is -2.69. The summed E-state index contributed by atoms with van der Waals surface area (Å²) >= 11 is 0. The Kier molecular flexibility index (Phi) is 5.35. The monoisotopic (exact) mass is 370 g/mol. The Bertz CT molecular complexity index is 963. The molecule has 1 aliphatic heterocycles. The van der Waals surface area contributed by atoms with Crippen molar-refractivity contribution in [2.45, 2.75) is 24.7 Å². The largest absolute Gasteiger partial charge is 0.373 e. The van der Waals surface area contributed by atoms with Gasteiger partial charge in [-0.05, 0) is 29.2 Å². The molecule has 2 aromatic rings. The Morgan fingerprint density at radius 1 is 1.19 bits per heavy atom. The van der Waals surface area contributed by atoms with E-state index in [0.29, 0.717) is 12.2 Å². The molecule has 2 aromatic carbocycles. The Morgan fingerprint density at radius 2 is 1.92 bits per heavy atom. The van der Waals surface area contributed by atoms with E-state index in [4.69, 9.17) is 10.00 Å². The van der Waals surface area contributed by atoms with Gasteiger partial charge in [0.25, 0.3) is 0 Å². The fraction of sp³-hybridized carbons (Fsp3) is 0.263. The second-order valence-corrected chi connectivity index (χ2v) is 7.79. The van der Waals surface area contributed by atoms with E-state index in [1.807, 2.05) is 30.3 Å². The number of rotatable bonds is 5. The van der Waals surface area contributed by atoms with Gasteiger partial charge in [0.2, 0.25) is 15.9 Å². The van der Waals surface area contributed by atoms with Gasteiger partial charge in [-0.3, -0.25) is 9.52 Å². The van der Waals surface area contributed by atoms with Crippen molar-refractivity contribution in [1.82, 2.24) is 4.72 Å².